The molecule has 0 amide bonds. The first-order valence-electron chi connectivity index (χ1n) is 5.27. The van der Waals surface area contributed by atoms with Crippen LogP contribution in [0.15, 0.2) is 24.3 Å². The van der Waals surface area contributed by atoms with Crippen molar-refractivity contribution in [3.8, 4) is 5.75 Å². The third-order valence-electron chi connectivity index (χ3n) is 2.50. The van der Waals surface area contributed by atoms with Gasteiger partial charge in [-0.25, -0.2) is 0 Å². The van der Waals surface area contributed by atoms with Crippen LogP contribution in [0.25, 0.3) is 0 Å². The molecule has 0 saturated carbocycles. The topological polar surface area (TPSA) is 72.5 Å². The molecule has 88 valence electrons. The van der Waals surface area contributed by atoms with E-state index in [0.717, 1.165) is 11.3 Å². The lowest BCUT2D eigenvalue weighted by atomic mass is 9.95. The SMILES string of the molecule is CCOc1ccc(C(N)C(C)C(=O)O)cc1. The second-order valence-corrected chi connectivity index (χ2v) is 3.65. The smallest absolute Gasteiger partial charge is 0.308 e. The van der Waals surface area contributed by atoms with Crippen LogP contribution < -0.4 is 10.5 Å². The van der Waals surface area contributed by atoms with Crippen molar-refractivity contribution in [2.45, 2.75) is 19.9 Å². The van der Waals surface area contributed by atoms with Gasteiger partial charge in [0.1, 0.15) is 5.75 Å². The highest BCUT2D eigenvalue weighted by molar-refractivity contribution is 5.70. The summed E-state index contributed by atoms with van der Waals surface area (Å²) in [5.74, 6) is -0.722. The summed E-state index contributed by atoms with van der Waals surface area (Å²) in [5.41, 5.74) is 6.65. The third kappa shape index (κ3) is 2.97. The molecule has 4 heteroatoms. The van der Waals surface area contributed by atoms with Gasteiger partial charge in [0.25, 0.3) is 0 Å². The lowest BCUT2D eigenvalue weighted by Crippen LogP contribution is -2.25. The van der Waals surface area contributed by atoms with E-state index < -0.39 is 17.9 Å². The average molecular weight is 223 g/mol. The van der Waals surface area contributed by atoms with Gasteiger partial charge in [0.15, 0.2) is 0 Å². The minimum Gasteiger partial charge on any atom is -0.494 e. The standard InChI is InChI=1S/C12H17NO3/c1-3-16-10-6-4-9(5-7-10)11(13)8(2)12(14)15/h4-8,11H,3,13H2,1-2H3,(H,14,15). The van der Waals surface area contributed by atoms with Crippen molar-refractivity contribution in [2.24, 2.45) is 11.7 Å². The molecule has 0 saturated heterocycles. The number of carbonyl (C=O) groups is 1. The van der Waals surface area contributed by atoms with Crippen LogP contribution in [-0.2, 0) is 4.79 Å². The molecule has 1 aromatic rings. The molecule has 0 aliphatic heterocycles. The number of rotatable bonds is 5. The van der Waals surface area contributed by atoms with E-state index in [1.54, 1.807) is 31.2 Å². The van der Waals surface area contributed by atoms with Crippen molar-refractivity contribution < 1.29 is 14.6 Å². The zero-order valence-corrected chi connectivity index (χ0v) is 9.51. The van der Waals surface area contributed by atoms with E-state index in [1.807, 2.05) is 6.92 Å². The summed E-state index contributed by atoms with van der Waals surface area (Å²) in [6.07, 6.45) is 0. The molecule has 4 nitrogen and oxygen atoms in total. The summed E-state index contributed by atoms with van der Waals surface area (Å²) < 4.78 is 5.29. The Hall–Kier alpha value is -1.55. The van der Waals surface area contributed by atoms with Gasteiger partial charge < -0.3 is 15.6 Å². The van der Waals surface area contributed by atoms with Crippen molar-refractivity contribution in [3.05, 3.63) is 29.8 Å². The molecule has 2 atom stereocenters. The average Bonchev–Trinajstić information content (AvgIpc) is 2.28. The number of ether oxygens (including phenoxy) is 1. The molecule has 3 N–H and O–H groups in total. The second kappa shape index (κ2) is 5.51. The van der Waals surface area contributed by atoms with E-state index in [-0.39, 0.29) is 0 Å². The maximum atomic E-state index is 10.8. The van der Waals surface area contributed by atoms with E-state index in [1.165, 1.54) is 0 Å². The number of benzene rings is 1. The Morgan fingerprint density at radius 3 is 2.44 bits per heavy atom. The summed E-state index contributed by atoms with van der Waals surface area (Å²) in [7, 11) is 0. The van der Waals surface area contributed by atoms with Gasteiger partial charge >= 0.3 is 5.97 Å². The molecule has 0 aromatic heterocycles. The first-order valence-corrected chi connectivity index (χ1v) is 5.27. The van der Waals surface area contributed by atoms with Crippen LogP contribution in [0.1, 0.15) is 25.5 Å². The van der Waals surface area contributed by atoms with Crippen molar-refractivity contribution in [3.63, 3.8) is 0 Å². The molecule has 0 bridgehead atoms. The lowest BCUT2D eigenvalue weighted by Gasteiger charge is -2.16. The molecule has 0 fully saturated rings. The Balaban J connectivity index is 2.77. The Labute approximate surface area is 95.0 Å². The summed E-state index contributed by atoms with van der Waals surface area (Å²) in [6.45, 7) is 4.12. The lowest BCUT2D eigenvalue weighted by molar-refractivity contribution is -0.141. The fraction of sp³-hybridized carbons (Fsp3) is 0.417. The molecule has 1 aromatic carbocycles. The van der Waals surface area contributed by atoms with Gasteiger partial charge in [-0.3, -0.25) is 4.79 Å². The monoisotopic (exact) mass is 223 g/mol. The second-order valence-electron chi connectivity index (χ2n) is 3.65. The van der Waals surface area contributed by atoms with E-state index in [4.69, 9.17) is 15.6 Å². The van der Waals surface area contributed by atoms with Crippen LogP contribution >= 0.6 is 0 Å². The number of aliphatic carboxylic acids is 1. The molecule has 2 unspecified atom stereocenters. The highest BCUT2D eigenvalue weighted by Crippen LogP contribution is 2.22. The van der Waals surface area contributed by atoms with Crippen molar-refractivity contribution in [1.82, 2.24) is 0 Å². The van der Waals surface area contributed by atoms with Crippen LogP contribution in [-0.4, -0.2) is 17.7 Å². The van der Waals surface area contributed by atoms with E-state index in [0.29, 0.717) is 6.61 Å². The summed E-state index contributed by atoms with van der Waals surface area (Å²) >= 11 is 0. The normalized spacial score (nSPS) is 14.2. The zero-order valence-electron chi connectivity index (χ0n) is 9.51. The van der Waals surface area contributed by atoms with E-state index >= 15 is 0 Å². The van der Waals surface area contributed by atoms with Crippen LogP contribution in [0.3, 0.4) is 0 Å². The molecule has 1 rings (SSSR count). The minimum atomic E-state index is -0.888. The molecule has 0 aliphatic rings. The van der Waals surface area contributed by atoms with Crippen molar-refractivity contribution in [1.29, 1.82) is 0 Å². The highest BCUT2D eigenvalue weighted by Gasteiger charge is 2.21. The molecular weight excluding hydrogens is 206 g/mol. The molecule has 0 heterocycles. The van der Waals surface area contributed by atoms with E-state index in [9.17, 15) is 4.79 Å². The first-order chi connectivity index (χ1) is 7.56. The summed E-state index contributed by atoms with van der Waals surface area (Å²) in [6, 6.07) is 6.71. The maximum absolute atomic E-state index is 10.8. The number of nitrogens with two attached hydrogens (primary N) is 1. The molecule has 0 aliphatic carbocycles. The van der Waals surface area contributed by atoms with Gasteiger partial charge in [0.2, 0.25) is 0 Å². The quantitative estimate of drug-likeness (QED) is 0.798. The zero-order chi connectivity index (χ0) is 12.1. The van der Waals surface area contributed by atoms with Gasteiger partial charge in [-0.05, 0) is 24.6 Å². The van der Waals surface area contributed by atoms with Gasteiger partial charge in [0.05, 0.1) is 12.5 Å². The molecule has 16 heavy (non-hydrogen) atoms. The third-order valence-corrected chi connectivity index (χ3v) is 2.50. The van der Waals surface area contributed by atoms with Crippen LogP contribution in [0.4, 0.5) is 0 Å². The van der Waals surface area contributed by atoms with Crippen molar-refractivity contribution in [2.75, 3.05) is 6.61 Å². The Bertz CT molecular complexity index is 348. The number of carboxylic acid groups (broad SMARTS) is 1. The predicted molar refractivity (Wildman–Crippen MR) is 61.3 cm³/mol. The van der Waals surface area contributed by atoms with Gasteiger partial charge in [-0.1, -0.05) is 19.1 Å². The molecular formula is C12H17NO3. The van der Waals surface area contributed by atoms with Crippen LogP contribution in [0, 0.1) is 5.92 Å². The number of hydrogen-bond donors (Lipinski definition) is 2. The Kier molecular flexibility index (Phi) is 4.31. The Morgan fingerprint density at radius 2 is 2.00 bits per heavy atom. The maximum Gasteiger partial charge on any atom is 0.308 e. The summed E-state index contributed by atoms with van der Waals surface area (Å²) in [4.78, 5) is 10.8. The fourth-order valence-corrected chi connectivity index (χ4v) is 1.40. The van der Waals surface area contributed by atoms with Crippen LogP contribution in [0.5, 0.6) is 5.75 Å². The molecule has 0 spiro atoms. The van der Waals surface area contributed by atoms with Gasteiger partial charge in [-0.15, -0.1) is 0 Å². The van der Waals surface area contributed by atoms with E-state index in [2.05, 4.69) is 0 Å². The fourth-order valence-electron chi connectivity index (χ4n) is 1.40. The number of carboxylic acids is 1. The van der Waals surface area contributed by atoms with Crippen molar-refractivity contribution >= 4 is 5.97 Å². The van der Waals surface area contributed by atoms with Gasteiger partial charge in [0, 0.05) is 6.04 Å². The van der Waals surface area contributed by atoms with Crippen LogP contribution in [0.2, 0.25) is 0 Å². The number of hydrogen-bond acceptors (Lipinski definition) is 3. The minimum absolute atomic E-state index is 0.492. The molecule has 0 radical (unpaired) electrons. The Morgan fingerprint density at radius 1 is 1.44 bits per heavy atom. The predicted octanol–water partition coefficient (Wildman–Crippen LogP) is 1.81. The largest absolute Gasteiger partial charge is 0.494 e. The highest BCUT2D eigenvalue weighted by atomic mass is 16.5. The summed E-state index contributed by atoms with van der Waals surface area (Å²) in [5, 5.41) is 8.85. The van der Waals surface area contributed by atoms with Gasteiger partial charge in [-0.2, -0.15) is 0 Å². The first kappa shape index (κ1) is 12.5.